The number of guanidine groups is 1. The second-order valence-electron chi connectivity index (χ2n) is 7.09. The molecule has 1 aliphatic heterocycles. The number of hydrogen-bond donors (Lipinski definition) is 2. The highest BCUT2D eigenvalue weighted by atomic mass is 127. The number of thiazole rings is 1. The second-order valence-corrected chi connectivity index (χ2v) is 8.38. The van der Waals surface area contributed by atoms with E-state index in [1.54, 1.807) is 11.3 Å². The summed E-state index contributed by atoms with van der Waals surface area (Å²) in [5, 5.41) is 12.7. The summed E-state index contributed by atoms with van der Waals surface area (Å²) in [7, 11) is 1.82. The van der Waals surface area contributed by atoms with Crippen LogP contribution in [-0.2, 0) is 19.4 Å². The number of nitrogens with zero attached hydrogens (tertiary/aromatic N) is 5. The van der Waals surface area contributed by atoms with Gasteiger partial charge in [-0.2, -0.15) is 5.10 Å². The van der Waals surface area contributed by atoms with Gasteiger partial charge in [0.05, 0.1) is 17.2 Å². The molecule has 0 bridgehead atoms. The van der Waals surface area contributed by atoms with Crippen molar-refractivity contribution in [3.8, 4) is 0 Å². The van der Waals surface area contributed by atoms with Crippen molar-refractivity contribution in [1.29, 1.82) is 0 Å². The minimum Gasteiger partial charge on any atom is -0.356 e. The molecule has 27 heavy (non-hydrogen) atoms. The lowest BCUT2D eigenvalue weighted by Crippen LogP contribution is -2.47. The lowest BCUT2D eigenvalue weighted by Gasteiger charge is -2.25. The molecule has 1 aliphatic rings. The molecule has 0 aliphatic carbocycles. The molecule has 150 valence electrons. The zero-order valence-electron chi connectivity index (χ0n) is 16.7. The van der Waals surface area contributed by atoms with E-state index in [1.807, 2.05) is 11.7 Å². The Morgan fingerprint density at radius 2 is 2.11 bits per heavy atom. The van der Waals surface area contributed by atoms with Gasteiger partial charge in [0, 0.05) is 43.3 Å². The summed E-state index contributed by atoms with van der Waals surface area (Å²) in [6.45, 7) is 10.1. The van der Waals surface area contributed by atoms with Gasteiger partial charge >= 0.3 is 0 Å². The number of fused-ring (bicyclic) bond motifs is 1. The van der Waals surface area contributed by atoms with E-state index in [2.05, 4.69) is 58.4 Å². The molecule has 1 atom stereocenters. The van der Waals surface area contributed by atoms with E-state index in [0.29, 0.717) is 12.0 Å². The van der Waals surface area contributed by atoms with Crippen LogP contribution in [0.5, 0.6) is 0 Å². The van der Waals surface area contributed by atoms with Crippen LogP contribution in [0.25, 0.3) is 0 Å². The van der Waals surface area contributed by atoms with Crippen molar-refractivity contribution in [2.45, 2.75) is 65.5 Å². The van der Waals surface area contributed by atoms with Crippen molar-refractivity contribution in [2.75, 3.05) is 13.6 Å². The average molecular weight is 503 g/mol. The number of nitrogens with one attached hydrogen (secondary N) is 2. The highest BCUT2D eigenvalue weighted by Crippen LogP contribution is 2.18. The Kier molecular flexibility index (Phi) is 8.02. The topological polar surface area (TPSA) is 80.0 Å². The van der Waals surface area contributed by atoms with Crippen molar-refractivity contribution in [3.63, 3.8) is 0 Å². The van der Waals surface area contributed by atoms with Crippen LogP contribution in [0, 0.1) is 13.8 Å². The van der Waals surface area contributed by atoms with Gasteiger partial charge in [-0.15, -0.1) is 35.3 Å². The molecule has 0 fully saturated rings. The average Bonchev–Trinajstić information content (AvgIpc) is 3.16. The molecule has 0 saturated heterocycles. The first-order valence-electron chi connectivity index (χ1n) is 9.30. The van der Waals surface area contributed by atoms with Crippen molar-refractivity contribution in [1.82, 2.24) is 30.4 Å². The Morgan fingerprint density at radius 1 is 1.33 bits per heavy atom. The normalized spacial score (nSPS) is 16.8. The van der Waals surface area contributed by atoms with E-state index >= 15 is 0 Å². The van der Waals surface area contributed by atoms with E-state index in [1.165, 1.54) is 4.88 Å². The highest BCUT2D eigenvalue weighted by molar-refractivity contribution is 14.0. The van der Waals surface area contributed by atoms with Crippen molar-refractivity contribution in [2.24, 2.45) is 4.99 Å². The minimum atomic E-state index is 0. The summed E-state index contributed by atoms with van der Waals surface area (Å²) in [5.74, 6) is 3.26. The molecular formula is C18H30IN7S. The van der Waals surface area contributed by atoms with Gasteiger partial charge in [0.15, 0.2) is 11.8 Å². The third kappa shape index (κ3) is 5.63. The quantitative estimate of drug-likeness (QED) is 0.373. The van der Waals surface area contributed by atoms with E-state index in [4.69, 9.17) is 0 Å². The number of aromatic nitrogens is 4. The van der Waals surface area contributed by atoms with Crippen LogP contribution in [0.1, 0.15) is 53.4 Å². The summed E-state index contributed by atoms with van der Waals surface area (Å²) in [6, 6.07) is 0.322. The van der Waals surface area contributed by atoms with E-state index in [9.17, 15) is 0 Å². The van der Waals surface area contributed by atoms with Crippen LogP contribution in [0.3, 0.4) is 0 Å². The van der Waals surface area contributed by atoms with Crippen molar-refractivity contribution in [3.05, 3.63) is 27.2 Å². The Bertz CT molecular complexity index is 781. The molecule has 2 aromatic rings. The van der Waals surface area contributed by atoms with Crippen LogP contribution >= 0.6 is 35.3 Å². The van der Waals surface area contributed by atoms with Gasteiger partial charge in [-0.05, 0) is 20.3 Å². The van der Waals surface area contributed by atoms with E-state index in [-0.39, 0.29) is 24.0 Å². The van der Waals surface area contributed by atoms with Gasteiger partial charge in [-0.1, -0.05) is 13.8 Å². The van der Waals surface area contributed by atoms with Gasteiger partial charge in [-0.3, -0.25) is 4.99 Å². The van der Waals surface area contributed by atoms with Crippen molar-refractivity contribution < 1.29 is 0 Å². The first kappa shape index (κ1) is 22.1. The van der Waals surface area contributed by atoms with Gasteiger partial charge in [0.1, 0.15) is 5.82 Å². The summed E-state index contributed by atoms with van der Waals surface area (Å²) >= 11 is 1.78. The zero-order chi connectivity index (χ0) is 18.7. The van der Waals surface area contributed by atoms with Crippen LogP contribution in [-0.4, -0.2) is 45.3 Å². The largest absolute Gasteiger partial charge is 0.356 e. The zero-order valence-corrected chi connectivity index (χ0v) is 19.9. The fourth-order valence-corrected chi connectivity index (χ4v) is 4.12. The van der Waals surface area contributed by atoms with Crippen molar-refractivity contribution >= 4 is 41.3 Å². The maximum absolute atomic E-state index is 4.65. The molecule has 3 heterocycles. The summed E-state index contributed by atoms with van der Waals surface area (Å²) in [4.78, 5) is 14.8. The number of rotatable bonds is 5. The molecule has 3 rings (SSSR count). The first-order chi connectivity index (χ1) is 12.5. The van der Waals surface area contributed by atoms with Gasteiger partial charge in [0.2, 0.25) is 0 Å². The standard InChI is InChI=1S/C18H29N7S.HI/c1-11(2)17-23-16-7-6-14(10-25(16)24-17)22-18(19-5)20-9-8-15-12(3)21-13(4)26-15;/h11,14H,6-10H2,1-5H3,(H2,19,20,22);1H. The monoisotopic (exact) mass is 503 g/mol. The second kappa shape index (κ2) is 9.81. The van der Waals surface area contributed by atoms with E-state index < -0.39 is 0 Å². The number of aryl methyl sites for hydroxylation is 3. The van der Waals surface area contributed by atoms with E-state index in [0.717, 1.165) is 60.7 Å². The summed E-state index contributed by atoms with van der Waals surface area (Å²) < 4.78 is 2.05. The van der Waals surface area contributed by atoms with Crippen LogP contribution in [0.2, 0.25) is 0 Å². The Hall–Kier alpha value is -1.23. The number of halogens is 1. The summed E-state index contributed by atoms with van der Waals surface area (Å²) in [6.07, 6.45) is 2.96. The molecule has 7 nitrogen and oxygen atoms in total. The van der Waals surface area contributed by atoms with Crippen LogP contribution in [0.15, 0.2) is 4.99 Å². The van der Waals surface area contributed by atoms with Crippen LogP contribution in [0.4, 0.5) is 0 Å². The van der Waals surface area contributed by atoms with Crippen LogP contribution < -0.4 is 10.6 Å². The molecule has 0 aromatic carbocycles. The molecule has 0 radical (unpaired) electrons. The smallest absolute Gasteiger partial charge is 0.191 e. The molecule has 0 spiro atoms. The maximum Gasteiger partial charge on any atom is 0.191 e. The predicted molar refractivity (Wildman–Crippen MR) is 121 cm³/mol. The molecule has 2 N–H and O–H groups in total. The van der Waals surface area contributed by atoms with Gasteiger partial charge < -0.3 is 10.6 Å². The Morgan fingerprint density at radius 3 is 2.74 bits per heavy atom. The fraction of sp³-hybridized carbons (Fsp3) is 0.667. The third-order valence-corrected chi connectivity index (χ3v) is 5.73. The number of hydrogen-bond acceptors (Lipinski definition) is 5. The molecule has 0 amide bonds. The lowest BCUT2D eigenvalue weighted by molar-refractivity contribution is 0.391. The molecule has 9 heteroatoms. The highest BCUT2D eigenvalue weighted by Gasteiger charge is 2.23. The molecule has 1 unspecified atom stereocenters. The maximum atomic E-state index is 4.65. The SMILES string of the molecule is CN=C(NCCc1sc(C)nc1C)NC1CCc2nc(C(C)C)nn2C1.I. The number of aliphatic imine (C=N–C) groups is 1. The lowest BCUT2D eigenvalue weighted by atomic mass is 10.1. The Labute approximate surface area is 182 Å². The van der Waals surface area contributed by atoms with Gasteiger partial charge in [0.25, 0.3) is 0 Å². The third-order valence-electron chi connectivity index (χ3n) is 4.60. The first-order valence-corrected chi connectivity index (χ1v) is 10.1. The fourth-order valence-electron chi connectivity index (χ4n) is 3.18. The van der Waals surface area contributed by atoms with Gasteiger partial charge in [-0.25, -0.2) is 14.6 Å². The summed E-state index contributed by atoms with van der Waals surface area (Å²) in [5.41, 5.74) is 1.14. The molecule has 0 saturated carbocycles. The molecular weight excluding hydrogens is 473 g/mol. The molecule has 2 aromatic heterocycles. The Balaban J connectivity index is 0.00000261. The minimum absolute atomic E-state index is 0. The predicted octanol–water partition coefficient (Wildman–Crippen LogP) is 2.82.